The summed E-state index contributed by atoms with van der Waals surface area (Å²) in [5, 5.41) is 10.9. The number of para-hydroxylation sites is 1. The van der Waals surface area contributed by atoms with Crippen molar-refractivity contribution in [1.82, 2.24) is 20.3 Å². The van der Waals surface area contributed by atoms with Gasteiger partial charge in [0.15, 0.2) is 0 Å². The van der Waals surface area contributed by atoms with Gasteiger partial charge < -0.3 is 5.32 Å². The van der Waals surface area contributed by atoms with Crippen LogP contribution < -0.4 is 5.32 Å². The van der Waals surface area contributed by atoms with Gasteiger partial charge in [-0.15, -0.1) is 5.10 Å². The Balaban J connectivity index is 2.11. The van der Waals surface area contributed by atoms with Gasteiger partial charge in [0, 0.05) is 6.04 Å². The SMILES string of the molecule is CC[C@H](C)NC(=O)Cn1nnc2ccccc21. The molecule has 0 saturated carbocycles. The third-order valence-electron chi connectivity index (χ3n) is 2.73. The molecule has 2 rings (SSSR count). The number of rotatable bonds is 4. The van der Waals surface area contributed by atoms with Gasteiger partial charge in [-0.1, -0.05) is 24.3 Å². The van der Waals surface area contributed by atoms with Crippen LogP contribution in [0.25, 0.3) is 11.0 Å². The van der Waals surface area contributed by atoms with Gasteiger partial charge in [0.25, 0.3) is 0 Å². The van der Waals surface area contributed by atoms with Gasteiger partial charge in [0.1, 0.15) is 12.1 Å². The lowest BCUT2D eigenvalue weighted by Crippen LogP contribution is -2.34. The number of nitrogens with zero attached hydrogens (tertiary/aromatic N) is 3. The summed E-state index contributed by atoms with van der Waals surface area (Å²) in [7, 11) is 0. The van der Waals surface area contributed by atoms with Crippen LogP contribution in [-0.4, -0.2) is 26.9 Å². The van der Waals surface area contributed by atoms with E-state index in [0.29, 0.717) is 0 Å². The first-order valence-electron chi connectivity index (χ1n) is 5.78. The van der Waals surface area contributed by atoms with Crippen LogP contribution in [0, 0.1) is 0 Å². The van der Waals surface area contributed by atoms with Crippen molar-refractivity contribution in [2.24, 2.45) is 0 Å². The van der Waals surface area contributed by atoms with Crippen LogP contribution in [0.5, 0.6) is 0 Å². The first-order chi connectivity index (χ1) is 8.20. The zero-order valence-corrected chi connectivity index (χ0v) is 10.1. The standard InChI is InChI=1S/C12H16N4O/c1-3-9(2)13-12(17)8-16-11-7-5-4-6-10(11)14-15-16/h4-7,9H,3,8H2,1-2H3,(H,13,17)/t9-/m0/s1. The average Bonchev–Trinajstić information content (AvgIpc) is 2.72. The number of benzene rings is 1. The second kappa shape index (κ2) is 4.95. The maximum atomic E-state index is 11.7. The van der Waals surface area contributed by atoms with Crippen LogP contribution in [0.1, 0.15) is 20.3 Å². The zero-order chi connectivity index (χ0) is 12.3. The van der Waals surface area contributed by atoms with Crippen LogP contribution in [0.3, 0.4) is 0 Å². The first-order valence-corrected chi connectivity index (χ1v) is 5.78. The fraction of sp³-hybridized carbons (Fsp3) is 0.417. The summed E-state index contributed by atoms with van der Waals surface area (Å²) in [4.78, 5) is 11.7. The Labute approximate surface area is 99.8 Å². The largest absolute Gasteiger partial charge is 0.352 e. The van der Waals surface area contributed by atoms with Crippen LogP contribution in [0.15, 0.2) is 24.3 Å². The maximum Gasteiger partial charge on any atom is 0.242 e. The quantitative estimate of drug-likeness (QED) is 0.865. The molecule has 0 aliphatic carbocycles. The summed E-state index contributed by atoms with van der Waals surface area (Å²) >= 11 is 0. The minimum atomic E-state index is -0.0324. The van der Waals surface area contributed by atoms with Crippen LogP contribution in [-0.2, 0) is 11.3 Å². The monoisotopic (exact) mass is 232 g/mol. The van der Waals surface area contributed by atoms with Gasteiger partial charge in [-0.2, -0.15) is 0 Å². The molecule has 1 amide bonds. The number of aromatic nitrogens is 3. The smallest absolute Gasteiger partial charge is 0.242 e. The van der Waals surface area contributed by atoms with Gasteiger partial charge in [0.05, 0.1) is 5.52 Å². The molecule has 0 bridgehead atoms. The average molecular weight is 232 g/mol. The number of carbonyl (C=O) groups is 1. The fourth-order valence-corrected chi connectivity index (χ4v) is 1.59. The van der Waals surface area contributed by atoms with Gasteiger partial charge in [-0.05, 0) is 25.5 Å². The van der Waals surface area contributed by atoms with Gasteiger partial charge in [-0.25, -0.2) is 4.68 Å². The minimum absolute atomic E-state index is 0.0324. The molecule has 0 fully saturated rings. The lowest BCUT2D eigenvalue weighted by atomic mass is 10.2. The summed E-state index contributed by atoms with van der Waals surface area (Å²) in [6, 6.07) is 7.80. The molecule has 1 heterocycles. The first kappa shape index (κ1) is 11.6. The summed E-state index contributed by atoms with van der Waals surface area (Å²) in [5.41, 5.74) is 1.69. The van der Waals surface area contributed by atoms with Crippen LogP contribution >= 0.6 is 0 Å². The molecule has 0 unspecified atom stereocenters. The number of carbonyl (C=O) groups excluding carboxylic acids is 1. The van der Waals surface area contributed by atoms with Crippen molar-refractivity contribution in [1.29, 1.82) is 0 Å². The number of nitrogens with one attached hydrogen (secondary N) is 1. The Morgan fingerprint density at radius 1 is 1.47 bits per heavy atom. The second-order valence-corrected chi connectivity index (χ2v) is 4.11. The Kier molecular flexibility index (Phi) is 3.37. The van der Waals surface area contributed by atoms with Gasteiger partial charge in [0.2, 0.25) is 5.91 Å². The van der Waals surface area contributed by atoms with E-state index in [4.69, 9.17) is 0 Å². The van der Waals surface area contributed by atoms with Crippen molar-refractivity contribution in [2.45, 2.75) is 32.9 Å². The van der Waals surface area contributed by atoms with E-state index in [2.05, 4.69) is 15.6 Å². The number of amides is 1. The molecule has 0 radical (unpaired) electrons. The van der Waals surface area contributed by atoms with Gasteiger partial charge in [-0.3, -0.25) is 4.79 Å². The summed E-state index contributed by atoms with van der Waals surface area (Å²) in [5.74, 6) is -0.0324. The van der Waals surface area contributed by atoms with E-state index in [1.54, 1.807) is 4.68 Å². The number of hydrogen-bond acceptors (Lipinski definition) is 3. The fourth-order valence-electron chi connectivity index (χ4n) is 1.59. The molecule has 1 aromatic heterocycles. The Bertz CT molecular complexity index is 520. The molecule has 1 atom stereocenters. The van der Waals surface area contributed by atoms with Crippen LogP contribution in [0.4, 0.5) is 0 Å². The Morgan fingerprint density at radius 2 is 2.24 bits per heavy atom. The minimum Gasteiger partial charge on any atom is -0.352 e. The predicted molar refractivity (Wildman–Crippen MR) is 65.4 cm³/mol. The van der Waals surface area contributed by atoms with Crippen molar-refractivity contribution < 1.29 is 4.79 Å². The Morgan fingerprint density at radius 3 is 3.00 bits per heavy atom. The van der Waals surface area contributed by atoms with E-state index in [-0.39, 0.29) is 18.5 Å². The van der Waals surface area contributed by atoms with E-state index < -0.39 is 0 Å². The highest BCUT2D eigenvalue weighted by molar-refractivity contribution is 5.79. The molecule has 1 aromatic carbocycles. The van der Waals surface area contributed by atoms with Crippen LogP contribution in [0.2, 0.25) is 0 Å². The molecule has 0 saturated heterocycles. The molecule has 90 valence electrons. The molecule has 17 heavy (non-hydrogen) atoms. The maximum absolute atomic E-state index is 11.7. The summed E-state index contributed by atoms with van der Waals surface area (Å²) < 4.78 is 1.62. The highest BCUT2D eigenvalue weighted by Crippen LogP contribution is 2.09. The second-order valence-electron chi connectivity index (χ2n) is 4.11. The zero-order valence-electron chi connectivity index (χ0n) is 10.1. The molecular formula is C12H16N4O. The molecule has 0 aliphatic rings. The van der Waals surface area contributed by atoms with E-state index >= 15 is 0 Å². The van der Waals surface area contributed by atoms with E-state index in [1.807, 2.05) is 38.1 Å². The Hall–Kier alpha value is -1.91. The lowest BCUT2D eigenvalue weighted by Gasteiger charge is -2.11. The molecular weight excluding hydrogens is 216 g/mol. The molecule has 0 spiro atoms. The van der Waals surface area contributed by atoms with Crippen molar-refractivity contribution in [3.63, 3.8) is 0 Å². The lowest BCUT2D eigenvalue weighted by molar-refractivity contribution is -0.122. The third kappa shape index (κ3) is 2.61. The van der Waals surface area contributed by atoms with Crippen molar-refractivity contribution in [3.8, 4) is 0 Å². The van der Waals surface area contributed by atoms with E-state index in [0.717, 1.165) is 17.5 Å². The van der Waals surface area contributed by atoms with Gasteiger partial charge >= 0.3 is 0 Å². The predicted octanol–water partition coefficient (Wildman–Crippen LogP) is 1.35. The highest BCUT2D eigenvalue weighted by atomic mass is 16.2. The molecule has 0 aliphatic heterocycles. The van der Waals surface area contributed by atoms with Crippen molar-refractivity contribution in [3.05, 3.63) is 24.3 Å². The van der Waals surface area contributed by atoms with Crippen molar-refractivity contribution in [2.75, 3.05) is 0 Å². The van der Waals surface area contributed by atoms with E-state index in [9.17, 15) is 4.79 Å². The normalized spacial score (nSPS) is 12.6. The molecule has 5 nitrogen and oxygen atoms in total. The summed E-state index contributed by atoms with van der Waals surface area (Å²) in [6.45, 7) is 4.23. The van der Waals surface area contributed by atoms with E-state index in [1.165, 1.54) is 0 Å². The topological polar surface area (TPSA) is 59.8 Å². The number of fused-ring (bicyclic) bond motifs is 1. The van der Waals surface area contributed by atoms with Crippen molar-refractivity contribution >= 4 is 16.9 Å². The summed E-state index contributed by atoms with van der Waals surface area (Å²) in [6.07, 6.45) is 0.920. The highest BCUT2D eigenvalue weighted by Gasteiger charge is 2.09. The molecule has 5 heteroatoms. The molecule has 1 N–H and O–H groups in total. The third-order valence-corrected chi connectivity index (χ3v) is 2.73. The number of hydrogen-bond donors (Lipinski definition) is 1. The molecule has 2 aromatic rings.